The zero-order valence-electron chi connectivity index (χ0n) is 9.62. The van der Waals surface area contributed by atoms with Crippen LogP contribution in [0.4, 0.5) is 11.4 Å². The second kappa shape index (κ2) is 5.04. The predicted octanol–water partition coefficient (Wildman–Crippen LogP) is 3.05. The number of nitrogens with two attached hydrogens (primary N) is 1. The Morgan fingerprint density at radius 3 is 3.06 bits per heavy atom. The van der Waals surface area contributed by atoms with Crippen molar-refractivity contribution in [3.63, 3.8) is 0 Å². The van der Waals surface area contributed by atoms with E-state index >= 15 is 0 Å². The van der Waals surface area contributed by atoms with Gasteiger partial charge < -0.3 is 10.6 Å². The zero-order chi connectivity index (χ0) is 11.5. The lowest BCUT2D eigenvalue weighted by atomic mass is 10.0. The van der Waals surface area contributed by atoms with Gasteiger partial charge in [0.2, 0.25) is 0 Å². The largest absolute Gasteiger partial charge is 0.396 e. The molecule has 0 aliphatic carbocycles. The summed E-state index contributed by atoms with van der Waals surface area (Å²) in [5.74, 6) is 0.824. The molecule has 1 saturated heterocycles. The molecule has 2 heterocycles. The Bertz CT molecular complexity index is 347. The number of rotatable bonds is 3. The second-order valence-corrected chi connectivity index (χ2v) is 5.30. The lowest BCUT2D eigenvalue weighted by molar-refractivity contribution is 0.530. The summed E-state index contributed by atoms with van der Waals surface area (Å²) >= 11 is 3.53. The Kier molecular flexibility index (Phi) is 3.69. The summed E-state index contributed by atoms with van der Waals surface area (Å²) in [6.07, 6.45) is 7.42. The molecule has 0 bridgehead atoms. The number of nitrogen functional groups attached to an aromatic ring is 1. The van der Waals surface area contributed by atoms with E-state index < -0.39 is 0 Å². The lowest BCUT2D eigenvalue weighted by Gasteiger charge is -2.21. The smallest absolute Gasteiger partial charge is 0.0776 e. The molecule has 0 amide bonds. The summed E-state index contributed by atoms with van der Waals surface area (Å²) in [4.78, 5) is 6.45. The number of hydrogen-bond donors (Lipinski definition) is 1. The van der Waals surface area contributed by atoms with Crippen LogP contribution in [0.2, 0.25) is 0 Å². The van der Waals surface area contributed by atoms with Crippen molar-refractivity contribution in [3.05, 3.63) is 16.9 Å². The minimum Gasteiger partial charge on any atom is -0.396 e. The molecule has 1 atom stereocenters. The van der Waals surface area contributed by atoms with E-state index in [-0.39, 0.29) is 0 Å². The summed E-state index contributed by atoms with van der Waals surface area (Å²) in [6, 6.07) is 0. The van der Waals surface area contributed by atoms with Gasteiger partial charge in [-0.3, -0.25) is 4.98 Å². The zero-order valence-corrected chi connectivity index (χ0v) is 11.2. The Morgan fingerprint density at radius 2 is 2.38 bits per heavy atom. The monoisotopic (exact) mass is 283 g/mol. The number of aromatic nitrogens is 1. The standard InChI is InChI=1S/C12H18BrN3/c1-2-3-9-4-5-16(8-9)12-10(13)6-15-7-11(12)14/h6-7,9H,2-5,8,14H2,1H3. The third kappa shape index (κ3) is 2.32. The van der Waals surface area contributed by atoms with Crippen molar-refractivity contribution in [1.82, 2.24) is 4.98 Å². The van der Waals surface area contributed by atoms with Crippen molar-refractivity contribution in [3.8, 4) is 0 Å². The van der Waals surface area contributed by atoms with E-state index in [0.29, 0.717) is 0 Å². The average molecular weight is 284 g/mol. The molecular weight excluding hydrogens is 266 g/mol. The SMILES string of the molecule is CCCC1CCN(c2c(N)cncc2Br)C1. The average Bonchev–Trinajstić information content (AvgIpc) is 2.67. The van der Waals surface area contributed by atoms with Crippen LogP contribution in [0.3, 0.4) is 0 Å². The summed E-state index contributed by atoms with van der Waals surface area (Å²) in [6.45, 7) is 4.48. The predicted molar refractivity (Wildman–Crippen MR) is 71.6 cm³/mol. The van der Waals surface area contributed by atoms with E-state index in [4.69, 9.17) is 5.73 Å². The van der Waals surface area contributed by atoms with Gasteiger partial charge in [0.15, 0.2) is 0 Å². The van der Waals surface area contributed by atoms with Gasteiger partial charge in [-0.15, -0.1) is 0 Å². The summed E-state index contributed by atoms with van der Waals surface area (Å²) in [5, 5.41) is 0. The fraction of sp³-hybridized carbons (Fsp3) is 0.583. The van der Waals surface area contributed by atoms with Gasteiger partial charge in [0.1, 0.15) is 0 Å². The Labute approximate surface area is 105 Å². The normalized spacial score (nSPS) is 20.4. The molecule has 1 aromatic rings. The highest BCUT2D eigenvalue weighted by atomic mass is 79.9. The van der Waals surface area contributed by atoms with Crippen molar-refractivity contribution < 1.29 is 0 Å². The first-order valence-corrected chi connectivity index (χ1v) is 6.65. The van der Waals surface area contributed by atoms with Gasteiger partial charge in [0.25, 0.3) is 0 Å². The van der Waals surface area contributed by atoms with Crippen LogP contribution in [-0.2, 0) is 0 Å². The highest BCUT2D eigenvalue weighted by Crippen LogP contribution is 2.35. The molecule has 1 unspecified atom stereocenters. The van der Waals surface area contributed by atoms with Gasteiger partial charge in [-0.25, -0.2) is 0 Å². The summed E-state index contributed by atoms with van der Waals surface area (Å²) in [5.41, 5.74) is 7.88. The van der Waals surface area contributed by atoms with Gasteiger partial charge in [-0.1, -0.05) is 13.3 Å². The van der Waals surface area contributed by atoms with Crippen LogP contribution in [0, 0.1) is 5.92 Å². The topological polar surface area (TPSA) is 42.1 Å². The number of anilines is 2. The van der Waals surface area contributed by atoms with Gasteiger partial charge in [-0.2, -0.15) is 0 Å². The first-order valence-electron chi connectivity index (χ1n) is 5.86. The molecule has 1 aromatic heterocycles. The summed E-state index contributed by atoms with van der Waals surface area (Å²) < 4.78 is 1.00. The molecule has 0 radical (unpaired) electrons. The van der Waals surface area contributed by atoms with Gasteiger partial charge >= 0.3 is 0 Å². The lowest BCUT2D eigenvalue weighted by Crippen LogP contribution is -2.21. The van der Waals surface area contributed by atoms with Crippen LogP contribution < -0.4 is 10.6 Å². The molecule has 2 rings (SSSR count). The van der Waals surface area contributed by atoms with Crippen LogP contribution in [0.15, 0.2) is 16.9 Å². The third-order valence-electron chi connectivity index (χ3n) is 3.20. The highest BCUT2D eigenvalue weighted by Gasteiger charge is 2.24. The first kappa shape index (κ1) is 11.7. The number of pyridine rings is 1. The van der Waals surface area contributed by atoms with Crippen molar-refractivity contribution >= 4 is 27.3 Å². The molecule has 2 N–H and O–H groups in total. The van der Waals surface area contributed by atoms with Crippen molar-refractivity contribution in [2.24, 2.45) is 5.92 Å². The maximum absolute atomic E-state index is 5.99. The van der Waals surface area contributed by atoms with E-state index in [2.05, 4.69) is 32.7 Å². The minimum absolute atomic E-state index is 0.770. The quantitative estimate of drug-likeness (QED) is 0.927. The molecular formula is C12H18BrN3. The fourth-order valence-corrected chi connectivity index (χ4v) is 3.05. The maximum Gasteiger partial charge on any atom is 0.0776 e. The molecule has 4 heteroatoms. The van der Waals surface area contributed by atoms with Gasteiger partial charge in [-0.05, 0) is 34.7 Å². The number of halogens is 1. The third-order valence-corrected chi connectivity index (χ3v) is 3.78. The first-order chi connectivity index (χ1) is 7.72. The van der Waals surface area contributed by atoms with E-state index in [1.165, 1.54) is 19.3 Å². The number of hydrogen-bond acceptors (Lipinski definition) is 3. The number of nitrogens with zero attached hydrogens (tertiary/aromatic N) is 2. The van der Waals surface area contributed by atoms with Crippen LogP contribution in [0.1, 0.15) is 26.2 Å². The van der Waals surface area contributed by atoms with E-state index in [1.807, 2.05) is 6.20 Å². The van der Waals surface area contributed by atoms with E-state index in [0.717, 1.165) is 34.9 Å². The van der Waals surface area contributed by atoms with Crippen LogP contribution in [0.5, 0.6) is 0 Å². The molecule has 16 heavy (non-hydrogen) atoms. The van der Waals surface area contributed by atoms with E-state index in [1.54, 1.807) is 6.20 Å². The molecule has 0 aromatic carbocycles. The van der Waals surface area contributed by atoms with Crippen LogP contribution in [0.25, 0.3) is 0 Å². The van der Waals surface area contributed by atoms with Gasteiger partial charge in [0.05, 0.1) is 22.0 Å². The Balaban J connectivity index is 2.14. The maximum atomic E-state index is 5.99. The van der Waals surface area contributed by atoms with Crippen molar-refractivity contribution in [2.75, 3.05) is 23.7 Å². The van der Waals surface area contributed by atoms with Gasteiger partial charge in [0, 0.05) is 19.3 Å². The molecule has 1 aliphatic heterocycles. The van der Waals surface area contributed by atoms with E-state index in [9.17, 15) is 0 Å². The Morgan fingerprint density at radius 1 is 1.56 bits per heavy atom. The molecule has 0 spiro atoms. The van der Waals surface area contributed by atoms with Crippen molar-refractivity contribution in [1.29, 1.82) is 0 Å². The molecule has 3 nitrogen and oxygen atoms in total. The molecule has 88 valence electrons. The minimum atomic E-state index is 0.770. The molecule has 0 saturated carbocycles. The van der Waals surface area contributed by atoms with Crippen LogP contribution in [-0.4, -0.2) is 18.1 Å². The molecule has 1 aliphatic rings. The Hall–Kier alpha value is -0.770. The molecule has 1 fully saturated rings. The van der Waals surface area contributed by atoms with Crippen LogP contribution >= 0.6 is 15.9 Å². The fourth-order valence-electron chi connectivity index (χ4n) is 2.46. The summed E-state index contributed by atoms with van der Waals surface area (Å²) in [7, 11) is 0. The highest BCUT2D eigenvalue weighted by molar-refractivity contribution is 9.10. The van der Waals surface area contributed by atoms with Crippen molar-refractivity contribution in [2.45, 2.75) is 26.2 Å². The second-order valence-electron chi connectivity index (χ2n) is 4.45.